The molecule has 1 aromatic heterocycles. The Morgan fingerprint density at radius 1 is 1.53 bits per heavy atom. The SMILES string of the molecule is CC(C)(C)OC(=O)Nc1cccnc1F. The average Bonchev–Trinajstić information content (AvgIpc) is 2.05. The van der Waals surface area contributed by atoms with Crippen molar-refractivity contribution in [1.82, 2.24) is 4.98 Å². The Hall–Kier alpha value is -1.65. The second-order valence-corrected chi connectivity index (χ2v) is 3.97. The van der Waals surface area contributed by atoms with Gasteiger partial charge in [-0.05, 0) is 32.9 Å². The first-order valence-corrected chi connectivity index (χ1v) is 4.49. The van der Waals surface area contributed by atoms with Crippen LogP contribution in [0.5, 0.6) is 0 Å². The van der Waals surface area contributed by atoms with Gasteiger partial charge >= 0.3 is 6.09 Å². The summed E-state index contributed by atoms with van der Waals surface area (Å²) in [5, 5.41) is 2.27. The molecule has 5 heteroatoms. The van der Waals surface area contributed by atoms with Crippen LogP contribution >= 0.6 is 0 Å². The zero-order valence-electron chi connectivity index (χ0n) is 8.87. The third kappa shape index (κ3) is 3.93. The Kier molecular flexibility index (Phi) is 3.24. The molecule has 1 amide bonds. The van der Waals surface area contributed by atoms with Gasteiger partial charge in [0.1, 0.15) is 5.60 Å². The number of hydrogen-bond donors (Lipinski definition) is 1. The maximum atomic E-state index is 13.0. The van der Waals surface area contributed by atoms with Gasteiger partial charge in [-0.2, -0.15) is 4.39 Å². The van der Waals surface area contributed by atoms with E-state index in [1.165, 1.54) is 18.3 Å². The number of nitrogens with one attached hydrogen (secondary N) is 1. The Balaban J connectivity index is 2.64. The van der Waals surface area contributed by atoms with Crippen molar-refractivity contribution in [1.29, 1.82) is 0 Å². The van der Waals surface area contributed by atoms with Crippen LogP contribution in [0, 0.1) is 5.95 Å². The molecule has 1 N–H and O–H groups in total. The van der Waals surface area contributed by atoms with Gasteiger partial charge in [0.2, 0.25) is 5.95 Å². The molecule has 0 unspecified atom stereocenters. The van der Waals surface area contributed by atoms with Gasteiger partial charge in [0.15, 0.2) is 0 Å². The number of carbonyl (C=O) groups is 1. The van der Waals surface area contributed by atoms with E-state index in [0.717, 1.165) is 0 Å². The van der Waals surface area contributed by atoms with E-state index in [0.29, 0.717) is 0 Å². The fraction of sp³-hybridized carbons (Fsp3) is 0.400. The topological polar surface area (TPSA) is 51.2 Å². The number of carbonyl (C=O) groups excluding carboxylic acids is 1. The fourth-order valence-corrected chi connectivity index (χ4v) is 0.893. The Labute approximate surface area is 87.5 Å². The maximum Gasteiger partial charge on any atom is 0.412 e. The van der Waals surface area contributed by atoms with E-state index in [1.807, 2.05) is 0 Å². The quantitative estimate of drug-likeness (QED) is 0.728. The molecule has 0 aliphatic carbocycles. The van der Waals surface area contributed by atoms with Crippen LogP contribution < -0.4 is 5.32 Å². The summed E-state index contributed by atoms with van der Waals surface area (Å²) in [6, 6.07) is 2.93. The number of aromatic nitrogens is 1. The highest BCUT2D eigenvalue weighted by Crippen LogP contribution is 2.13. The lowest BCUT2D eigenvalue weighted by molar-refractivity contribution is 0.0635. The number of anilines is 1. The predicted molar refractivity (Wildman–Crippen MR) is 54.1 cm³/mol. The predicted octanol–water partition coefficient (Wildman–Crippen LogP) is 2.57. The van der Waals surface area contributed by atoms with Crippen LogP contribution in [0.15, 0.2) is 18.3 Å². The van der Waals surface area contributed by atoms with Crippen molar-refractivity contribution in [2.75, 3.05) is 5.32 Å². The minimum Gasteiger partial charge on any atom is -0.444 e. The van der Waals surface area contributed by atoms with E-state index in [-0.39, 0.29) is 5.69 Å². The number of amides is 1. The van der Waals surface area contributed by atoms with Gasteiger partial charge in [0, 0.05) is 6.20 Å². The van der Waals surface area contributed by atoms with Crippen molar-refractivity contribution in [3.63, 3.8) is 0 Å². The zero-order valence-corrected chi connectivity index (χ0v) is 8.87. The van der Waals surface area contributed by atoms with Gasteiger partial charge in [-0.3, -0.25) is 5.32 Å². The summed E-state index contributed by atoms with van der Waals surface area (Å²) in [7, 11) is 0. The van der Waals surface area contributed by atoms with Crippen molar-refractivity contribution in [2.24, 2.45) is 0 Å². The highest BCUT2D eigenvalue weighted by atomic mass is 19.1. The van der Waals surface area contributed by atoms with E-state index >= 15 is 0 Å². The molecule has 0 aliphatic rings. The van der Waals surface area contributed by atoms with Crippen LogP contribution in [-0.2, 0) is 4.74 Å². The summed E-state index contributed by atoms with van der Waals surface area (Å²) in [4.78, 5) is 14.6. The minimum absolute atomic E-state index is 0.00625. The molecule has 82 valence electrons. The summed E-state index contributed by atoms with van der Waals surface area (Å²) >= 11 is 0. The maximum absolute atomic E-state index is 13.0. The van der Waals surface area contributed by atoms with E-state index in [4.69, 9.17) is 4.74 Å². The summed E-state index contributed by atoms with van der Waals surface area (Å²) in [6.07, 6.45) is 0.602. The van der Waals surface area contributed by atoms with Gasteiger partial charge in [-0.1, -0.05) is 0 Å². The molecule has 0 aliphatic heterocycles. The van der Waals surface area contributed by atoms with Crippen LogP contribution in [0.4, 0.5) is 14.9 Å². The van der Waals surface area contributed by atoms with Gasteiger partial charge in [0.25, 0.3) is 0 Å². The number of nitrogens with zero attached hydrogens (tertiary/aromatic N) is 1. The van der Waals surface area contributed by atoms with Gasteiger partial charge < -0.3 is 4.74 Å². The molecule has 1 aromatic rings. The Morgan fingerprint density at radius 2 is 2.20 bits per heavy atom. The molecule has 1 heterocycles. The smallest absolute Gasteiger partial charge is 0.412 e. The molecule has 15 heavy (non-hydrogen) atoms. The largest absolute Gasteiger partial charge is 0.444 e. The van der Waals surface area contributed by atoms with Crippen LogP contribution in [-0.4, -0.2) is 16.7 Å². The second-order valence-electron chi connectivity index (χ2n) is 3.97. The molecule has 0 spiro atoms. The standard InChI is InChI=1S/C10H13FN2O2/c1-10(2,3)15-9(14)13-7-5-4-6-12-8(7)11/h4-6H,1-3H3,(H,13,14). The lowest BCUT2D eigenvalue weighted by atomic mass is 10.2. The Bertz CT molecular complexity index is 361. The van der Waals surface area contributed by atoms with Crippen molar-refractivity contribution in [2.45, 2.75) is 26.4 Å². The third-order valence-corrected chi connectivity index (χ3v) is 1.39. The average molecular weight is 212 g/mol. The first-order chi connectivity index (χ1) is 6.88. The second kappa shape index (κ2) is 4.25. The molecule has 0 saturated heterocycles. The van der Waals surface area contributed by atoms with Gasteiger partial charge in [-0.25, -0.2) is 9.78 Å². The zero-order chi connectivity index (χ0) is 11.5. The Morgan fingerprint density at radius 3 is 2.73 bits per heavy atom. The van der Waals surface area contributed by atoms with Crippen molar-refractivity contribution in [3.8, 4) is 0 Å². The number of halogens is 1. The monoisotopic (exact) mass is 212 g/mol. The summed E-state index contributed by atoms with van der Waals surface area (Å²) in [5.74, 6) is -0.733. The van der Waals surface area contributed by atoms with Crippen LogP contribution in [0.1, 0.15) is 20.8 Å². The molecule has 0 saturated carbocycles. The first kappa shape index (κ1) is 11.4. The summed E-state index contributed by atoms with van der Waals surface area (Å²) < 4.78 is 18.0. The van der Waals surface area contributed by atoms with Gasteiger partial charge in [-0.15, -0.1) is 0 Å². The van der Waals surface area contributed by atoms with Crippen LogP contribution in [0.2, 0.25) is 0 Å². The number of pyridine rings is 1. The molecule has 1 rings (SSSR count). The summed E-state index contributed by atoms with van der Waals surface area (Å²) in [6.45, 7) is 5.19. The van der Waals surface area contributed by atoms with Crippen molar-refractivity contribution < 1.29 is 13.9 Å². The minimum atomic E-state index is -0.733. The molecular formula is C10H13FN2O2. The third-order valence-electron chi connectivity index (χ3n) is 1.39. The molecular weight excluding hydrogens is 199 g/mol. The lowest BCUT2D eigenvalue weighted by Crippen LogP contribution is -2.27. The number of rotatable bonds is 1. The van der Waals surface area contributed by atoms with Crippen LogP contribution in [0.3, 0.4) is 0 Å². The summed E-state index contributed by atoms with van der Waals surface area (Å²) in [5.41, 5.74) is -0.602. The lowest BCUT2D eigenvalue weighted by Gasteiger charge is -2.19. The van der Waals surface area contributed by atoms with Crippen molar-refractivity contribution in [3.05, 3.63) is 24.3 Å². The van der Waals surface area contributed by atoms with E-state index in [2.05, 4.69) is 10.3 Å². The number of hydrogen-bond acceptors (Lipinski definition) is 3. The van der Waals surface area contributed by atoms with Crippen molar-refractivity contribution >= 4 is 11.8 Å². The normalized spacial score (nSPS) is 10.9. The molecule has 0 atom stereocenters. The van der Waals surface area contributed by atoms with Gasteiger partial charge in [0.05, 0.1) is 5.69 Å². The van der Waals surface area contributed by atoms with E-state index in [1.54, 1.807) is 20.8 Å². The molecule has 0 radical (unpaired) electrons. The molecule has 0 fully saturated rings. The van der Waals surface area contributed by atoms with Crippen LogP contribution in [0.25, 0.3) is 0 Å². The fourth-order valence-electron chi connectivity index (χ4n) is 0.893. The van der Waals surface area contributed by atoms with E-state index in [9.17, 15) is 9.18 Å². The molecule has 4 nitrogen and oxygen atoms in total. The first-order valence-electron chi connectivity index (χ1n) is 4.49. The number of ether oxygens (including phenoxy) is 1. The highest BCUT2D eigenvalue weighted by molar-refractivity contribution is 5.84. The van der Waals surface area contributed by atoms with E-state index < -0.39 is 17.6 Å². The molecule has 0 bridgehead atoms. The molecule has 0 aromatic carbocycles. The highest BCUT2D eigenvalue weighted by Gasteiger charge is 2.17.